The summed E-state index contributed by atoms with van der Waals surface area (Å²) in [5.74, 6) is -0.378. The molecule has 0 spiro atoms. The van der Waals surface area contributed by atoms with Crippen LogP contribution in [0.4, 0.5) is 5.69 Å². The highest BCUT2D eigenvalue weighted by atomic mass is 127. The fourth-order valence-corrected chi connectivity index (χ4v) is 2.39. The molecule has 2 aromatic rings. The van der Waals surface area contributed by atoms with Crippen molar-refractivity contribution in [2.75, 3.05) is 6.61 Å². The molecule has 0 aromatic heterocycles. The van der Waals surface area contributed by atoms with Gasteiger partial charge < -0.3 is 9.84 Å². The Bertz CT molecular complexity index is 839. The molecule has 0 aliphatic rings. The number of phenolic OH excluding ortho intramolecular Hbond substituents is 1. The van der Waals surface area contributed by atoms with Crippen LogP contribution in [0.1, 0.15) is 11.1 Å². The van der Waals surface area contributed by atoms with Crippen LogP contribution in [-0.2, 0) is 4.79 Å². The number of nitro benzene ring substituents is 1. The van der Waals surface area contributed by atoms with Crippen molar-refractivity contribution < 1.29 is 19.6 Å². The number of carbonyl (C=O) groups excluding carboxylic acids is 1. The van der Waals surface area contributed by atoms with Gasteiger partial charge in [-0.1, -0.05) is 6.07 Å². The Labute approximate surface area is 156 Å². The van der Waals surface area contributed by atoms with E-state index in [1.54, 1.807) is 25.1 Å². The van der Waals surface area contributed by atoms with Gasteiger partial charge in [0.05, 0.1) is 14.7 Å². The summed E-state index contributed by atoms with van der Waals surface area (Å²) in [5.41, 5.74) is 3.48. The molecule has 0 aliphatic heterocycles. The molecule has 2 N–H and O–H groups in total. The van der Waals surface area contributed by atoms with E-state index in [4.69, 9.17) is 4.74 Å². The number of rotatable bonds is 6. The fourth-order valence-electron chi connectivity index (χ4n) is 1.85. The molecule has 0 heterocycles. The molecule has 2 rings (SSSR count). The van der Waals surface area contributed by atoms with Crippen LogP contribution in [0.5, 0.6) is 11.5 Å². The van der Waals surface area contributed by atoms with Crippen molar-refractivity contribution in [3.63, 3.8) is 0 Å². The second-order valence-corrected chi connectivity index (χ2v) is 6.18. The maximum atomic E-state index is 11.7. The topological polar surface area (TPSA) is 114 Å². The summed E-state index contributed by atoms with van der Waals surface area (Å²) in [6.45, 7) is 1.32. The molecule has 0 aliphatic carbocycles. The number of benzene rings is 2. The zero-order chi connectivity index (χ0) is 18.4. The van der Waals surface area contributed by atoms with E-state index in [-0.39, 0.29) is 17.2 Å². The Morgan fingerprint density at radius 2 is 2.16 bits per heavy atom. The first-order valence-electron chi connectivity index (χ1n) is 7.05. The van der Waals surface area contributed by atoms with E-state index in [9.17, 15) is 20.0 Å². The first kappa shape index (κ1) is 18.6. The molecule has 0 bridgehead atoms. The maximum absolute atomic E-state index is 11.7. The largest absolute Gasteiger partial charge is 0.507 e. The number of hydrazone groups is 1. The molecule has 0 radical (unpaired) electrons. The Morgan fingerprint density at radius 3 is 2.84 bits per heavy atom. The summed E-state index contributed by atoms with van der Waals surface area (Å²) >= 11 is 1.97. The first-order valence-corrected chi connectivity index (χ1v) is 8.13. The van der Waals surface area contributed by atoms with E-state index in [1.165, 1.54) is 24.4 Å². The van der Waals surface area contributed by atoms with Crippen LogP contribution in [0.25, 0.3) is 0 Å². The van der Waals surface area contributed by atoms with E-state index >= 15 is 0 Å². The lowest BCUT2D eigenvalue weighted by Crippen LogP contribution is -2.24. The second kappa shape index (κ2) is 8.42. The minimum atomic E-state index is -0.565. The van der Waals surface area contributed by atoms with Crippen molar-refractivity contribution in [2.24, 2.45) is 5.10 Å². The normalized spacial score (nSPS) is 10.6. The van der Waals surface area contributed by atoms with Crippen LogP contribution in [0.15, 0.2) is 41.5 Å². The van der Waals surface area contributed by atoms with Crippen molar-refractivity contribution >= 4 is 40.4 Å². The number of amides is 1. The molecule has 0 saturated carbocycles. The molecule has 130 valence electrons. The first-order chi connectivity index (χ1) is 11.9. The Morgan fingerprint density at radius 1 is 1.40 bits per heavy atom. The predicted octanol–water partition coefficient (Wildman–Crippen LogP) is 2.74. The van der Waals surface area contributed by atoms with Gasteiger partial charge in [0.25, 0.3) is 5.91 Å². The Kier molecular flexibility index (Phi) is 6.28. The second-order valence-electron chi connectivity index (χ2n) is 5.02. The number of hydrogen-bond acceptors (Lipinski definition) is 6. The third kappa shape index (κ3) is 5.41. The standard InChI is InChI=1S/C16H14IN3O5/c1-10-2-5-15(13(6-10)20(23)24)25-9-16(22)19-18-8-11-3-4-14(21)12(17)7-11/h2-8,21H,9H2,1H3,(H,19,22). The lowest BCUT2D eigenvalue weighted by molar-refractivity contribution is -0.385. The van der Waals surface area contributed by atoms with Crippen molar-refractivity contribution in [1.29, 1.82) is 0 Å². The van der Waals surface area contributed by atoms with Crippen molar-refractivity contribution in [3.05, 3.63) is 61.2 Å². The van der Waals surface area contributed by atoms with Crippen LogP contribution >= 0.6 is 22.6 Å². The number of nitro groups is 1. The number of nitrogens with one attached hydrogen (secondary N) is 1. The highest BCUT2D eigenvalue weighted by molar-refractivity contribution is 14.1. The number of halogens is 1. The maximum Gasteiger partial charge on any atom is 0.311 e. The van der Waals surface area contributed by atoms with Gasteiger partial charge >= 0.3 is 5.69 Å². The van der Waals surface area contributed by atoms with Crippen molar-refractivity contribution in [2.45, 2.75) is 6.92 Å². The van der Waals surface area contributed by atoms with Gasteiger partial charge in [0.1, 0.15) is 5.75 Å². The average molecular weight is 455 g/mol. The van der Waals surface area contributed by atoms with E-state index in [0.717, 1.165) is 5.56 Å². The van der Waals surface area contributed by atoms with Crippen LogP contribution in [0.2, 0.25) is 0 Å². The SMILES string of the molecule is Cc1ccc(OCC(=O)NN=Cc2ccc(O)c(I)c2)c([N+](=O)[O-])c1. The molecule has 8 nitrogen and oxygen atoms in total. The molecular weight excluding hydrogens is 441 g/mol. The number of phenols is 1. The summed E-state index contributed by atoms with van der Waals surface area (Å²) < 4.78 is 5.85. The number of hydrogen-bond donors (Lipinski definition) is 2. The average Bonchev–Trinajstić information content (AvgIpc) is 2.56. The Balaban J connectivity index is 1.92. The summed E-state index contributed by atoms with van der Waals surface area (Å²) in [6, 6.07) is 9.33. The molecule has 0 atom stereocenters. The van der Waals surface area contributed by atoms with E-state index in [1.807, 2.05) is 22.6 Å². The summed E-state index contributed by atoms with van der Waals surface area (Å²) in [5, 5.41) is 24.2. The molecular formula is C16H14IN3O5. The van der Waals surface area contributed by atoms with Gasteiger partial charge in [0.2, 0.25) is 0 Å². The lowest BCUT2D eigenvalue weighted by atomic mass is 10.2. The summed E-state index contributed by atoms with van der Waals surface area (Å²) in [6.07, 6.45) is 1.41. The fraction of sp³-hybridized carbons (Fsp3) is 0.125. The van der Waals surface area contributed by atoms with Crippen molar-refractivity contribution in [1.82, 2.24) is 5.43 Å². The minimum absolute atomic E-state index is 0.0165. The number of aromatic hydroxyl groups is 1. The van der Waals surface area contributed by atoms with E-state index in [0.29, 0.717) is 9.13 Å². The van der Waals surface area contributed by atoms with E-state index < -0.39 is 17.4 Å². The highest BCUT2D eigenvalue weighted by Gasteiger charge is 2.16. The number of ether oxygens (including phenoxy) is 1. The monoisotopic (exact) mass is 455 g/mol. The third-order valence-electron chi connectivity index (χ3n) is 3.04. The quantitative estimate of drug-likeness (QED) is 0.301. The highest BCUT2D eigenvalue weighted by Crippen LogP contribution is 2.27. The van der Waals surface area contributed by atoms with Gasteiger partial charge in [-0.05, 0) is 64.9 Å². The summed E-state index contributed by atoms with van der Waals surface area (Å²) in [7, 11) is 0. The van der Waals surface area contributed by atoms with Crippen molar-refractivity contribution in [3.8, 4) is 11.5 Å². The van der Waals surface area contributed by atoms with Gasteiger partial charge in [-0.15, -0.1) is 0 Å². The molecule has 1 amide bonds. The van der Waals surface area contributed by atoms with Crippen LogP contribution in [-0.4, -0.2) is 28.8 Å². The number of carbonyl (C=O) groups is 1. The van der Waals surface area contributed by atoms with Gasteiger partial charge in [-0.2, -0.15) is 5.10 Å². The van der Waals surface area contributed by atoms with Crippen LogP contribution in [0, 0.1) is 20.6 Å². The van der Waals surface area contributed by atoms with Gasteiger partial charge in [0, 0.05) is 6.07 Å². The number of nitrogens with zero attached hydrogens (tertiary/aromatic N) is 2. The molecule has 0 fully saturated rings. The summed E-state index contributed by atoms with van der Waals surface area (Å²) in [4.78, 5) is 22.1. The zero-order valence-corrected chi connectivity index (χ0v) is 15.3. The molecule has 9 heteroatoms. The van der Waals surface area contributed by atoms with Crippen LogP contribution in [0.3, 0.4) is 0 Å². The smallest absolute Gasteiger partial charge is 0.311 e. The molecule has 25 heavy (non-hydrogen) atoms. The molecule has 0 saturated heterocycles. The third-order valence-corrected chi connectivity index (χ3v) is 3.91. The van der Waals surface area contributed by atoms with Gasteiger partial charge in [-0.25, -0.2) is 5.43 Å². The van der Waals surface area contributed by atoms with Gasteiger partial charge in [0.15, 0.2) is 12.4 Å². The molecule has 0 unspecified atom stereocenters. The lowest BCUT2D eigenvalue weighted by Gasteiger charge is -2.06. The number of aryl methyl sites for hydroxylation is 1. The molecule has 2 aromatic carbocycles. The predicted molar refractivity (Wildman–Crippen MR) is 99.9 cm³/mol. The van der Waals surface area contributed by atoms with Crippen LogP contribution < -0.4 is 10.2 Å². The minimum Gasteiger partial charge on any atom is -0.507 e. The Hall–Kier alpha value is -2.69. The van der Waals surface area contributed by atoms with E-state index in [2.05, 4.69) is 10.5 Å². The zero-order valence-electron chi connectivity index (χ0n) is 13.1. The van der Waals surface area contributed by atoms with Gasteiger partial charge in [-0.3, -0.25) is 14.9 Å².